The van der Waals surface area contributed by atoms with Crippen LogP contribution in [0.2, 0.25) is 0 Å². The Bertz CT molecular complexity index is 429. The number of hydrogen-bond acceptors (Lipinski definition) is 3. The minimum atomic E-state index is -0.401. The summed E-state index contributed by atoms with van der Waals surface area (Å²) in [5, 5.41) is 6.18. The molecule has 1 heterocycles. The van der Waals surface area contributed by atoms with E-state index < -0.39 is 6.04 Å². The van der Waals surface area contributed by atoms with E-state index >= 15 is 0 Å². The summed E-state index contributed by atoms with van der Waals surface area (Å²) in [6, 6.07) is -0.771. The first-order valence-electron chi connectivity index (χ1n) is 8.74. The predicted molar refractivity (Wildman–Crippen MR) is 98.5 cm³/mol. The van der Waals surface area contributed by atoms with Gasteiger partial charge < -0.3 is 10.6 Å². The number of carbonyl (C=O) groups is 2. The smallest absolute Gasteiger partial charge is 0.244 e. The molecule has 134 valence electrons. The van der Waals surface area contributed by atoms with Gasteiger partial charge in [-0.05, 0) is 30.1 Å². The van der Waals surface area contributed by atoms with Gasteiger partial charge in [0.25, 0.3) is 0 Å². The molecule has 1 fully saturated rings. The maximum Gasteiger partial charge on any atom is 0.244 e. The summed E-state index contributed by atoms with van der Waals surface area (Å²) in [5.41, 5.74) is 0.470. The van der Waals surface area contributed by atoms with E-state index in [4.69, 9.17) is 0 Å². The summed E-state index contributed by atoms with van der Waals surface area (Å²) < 4.78 is 0. The van der Waals surface area contributed by atoms with Crippen molar-refractivity contribution in [2.75, 3.05) is 5.75 Å². The number of rotatable bonds is 7. The fraction of sp³-hybridized carbons (Fsp3) is 0.889. The Labute approximate surface area is 145 Å². The highest BCUT2D eigenvalue weighted by Crippen LogP contribution is 2.44. The van der Waals surface area contributed by atoms with Crippen LogP contribution in [0.15, 0.2) is 0 Å². The quantitative estimate of drug-likeness (QED) is 0.746. The zero-order valence-corrected chi connectivity index (χ0v) is 16.6. The molecule has 0 saturated carbocycles. The van der Waals surface area contributed by atoms with Crippen molar-refractivity contribution < 1.29 is 9.59 Å². The highest BCUT2D eigenvalue weighted by atomic mass is 32.2. The summed E-state index contributed by atoms with van der Waals surface area (Å²) in [7, 11) is 0. The first-order chi connectivity index (χ1) is 10.5. The third kappa shape index (κ3) is 5.40. The molecule has 0 spiro atoms. The van der Waals surface area contributed by atoms with Crippen LogP contribution in [0, 0.1) is 10.8 Å². The maximum atomic E-state index is 12.1. The molecule has 1 aliphatic heterocycles. The Kier molecular flexibility index (Phi) is 6.99. The molecule has 0 aromatic carbocycles. The topological polar surface area (TPSA) is 58.2 Å². The van der Waals surface area contributed by atoms with Gasteiger partial charge >= 0.3 is 0 Å². The van der Waals surface area contributed by atoms with Gasteiger partial charge in [-0.3, -0.25) is 9.59 Å². The largest absolute Gasteiger partial charge is 0.343 e. The molecule has 2 N–H and O–H groups in total. The van der Waals surface area contributed by atoms with Gasteiger partial charge in [0.05, 0.1) is 0 Å². The Morgan fingerprint density at radius 3 is 2.00 bits per heavy atom. The molecule has 1 aliphatic rings. The highest BCUT2D eigenvalue weighted by molar-refractivity contribution is 7.99. The summed E-state index contributed by atoms with van der Waals surface area (Å²) in [6.45, 7) is 15.6. The molecule has 23 heavy (non-hydrogen) atoms. The molecule has 1 rings (SSSR count). The van der Waals surface area contributed by atoms with E-state index in [2.05, 4.69) is 52.2 Å². The van der Waals surface area contributed by atoms with Gasteiger partial charge in [0.15, 0.2) is 0 Å². The second kappa shape index (κ2) is 7.91. The van der Waals surface area contributed by atoms with Crippen molar-refractivity contribution in [2.24, 2.45) is 10.8 Å². The molecule has 2 amide bonds. The zero-order valence-electron chi connectivity index (χ0n) is 15.8. The summed E-state index contributed by atoms with van der Waals surface area (Å²) in [5.74, 6) is 0.543. The van der Waals surface area contributed by atoms with Crippen LogP contribution in [0.25, 0.3) is 0 Å². The minimum absolute atomic E-state index is 0.0473. The molecular weight excluding hydrogens is 308 g/mol. The Morgan fingerprint density at radius 1 is 1.00 bits per heavy atom. The van der Waals surface area contributed by atoms with Crippen LogP contribution in [-0.4, -0.2) is 34.9 Å². The van der Waals surface area contributed by atoms with Gasteiger partial charge in [0, 0.05) is 11.0 Å². The maximum absolute atomic E-state index is 12.1. The van der Waals surface area contributed by atoms with E-state index in [1.165, 1.54) is 0 Å². The van der Waals surface area contributed by atoms with Crippen molar-refractivity contribution in [3.63, 3.8) is 0 Å². The molecule has 0 aliphatic carbocycles. The third-order valence-electron chi connectivity index (χ3n) is 5.40. The molecule has 0 bridgehead atoms. The van der Waals surface area contributed by atoms with Gasteiger partial charge in [0.1, 0.15) is 12.1 Å². The Balaban J connectivity index is 2.58. The number of amides is 2. The zero-order chi connectivity index (χ0) is 17.8. The van der Waals surface area contributed by atoms with Crippen LogP contribution >= 0.6 is 11.8 Å². The number of nitrogens with one attached hydrogen (secondary N) is 2. The van der Waals surface area contributed by atoms with Gasteiger partial charge in [0.2, 0.25) is 11.8 Å². The number of thioether (sulfide) groups is 1. The van der Waals surface area contributed by atoms with Crippen molar-refractivity contribution in [1.82, 2.24) is 10.6 Å². The summed E-state index contributed by atoms with van der Waals surface area (Å²) in [4.78, 5) is 24.0. The normalized spacial score (nSPS) is 24.1. The fourth-order valence-electron chi connectivity index (χ4n) is 2.51. The molecule has 0 radical (unpaired) electrons. The van der Waals surface area contributed by atoms with Crippen molar-refractivity contribution in [2.45, 2.75) is 85.1 Å². The SMILES string of the molecule is CCC(CC(C)(C)C(C)(C)C)SCC1NC(=O)C(CC)NC1=O. The Hall–Kier alpha value is -0.710. The molecule has 0 aromatic rings. The van der Waals surface area contributed by atoms with E-state index in [0.29, 0.717) is 17.4 Å². The van der Waals surface area contributed by atoms with Crippen LogP contribution in [0.4, 0.5) is 0 Å². The van der Waals surface area contributed by atoms with Crippen LogP contribution in [0.1, 0.15) is 67.7 Å². The van der Waals surface area contributed by atoms with E-state index in [0.717, 1.165) is 12.8 Å². The van der Waals surface area contributed by atoms with E-state index in [9.17, 15) is 9.59 Å². The average molecular weight is 343 g/mol. The standard InChI is InChI=1S/C18H34N2O2S/c1-8-12(10-18(6,7)17(3,4)5)23-11-14-16(22)19-13(9-2)15(21)20-14/h12-14H,8-11H2,1-7H3,(H,19,22)(H,20,21). The van der Waals surface area contributed by atoms with E-state index in [1.54, 1.807) is 0 Å². The molecule has 3 atom stereocenters. The summed E-state index contributed by atoms with van der Waals surface area (Å²) >= 11 is 1.81. The Morgan fingerprint density at radius 2 is 1.52 bits per heavy atom. The fourth-order valence-corrected chi connectivity index (χ4v) is 3.98. The van der Waals surface area contributed by atoms with Crippen LogP contribution in [-0.2, 0) is 9.59 Å². The predicted octanol–water partition coefficient (Wildman–Crippen LogP) is 3.35. The van der Waals surface area contributed by atoms with Crippen LogP contribution < -0.4 is 10.6 Å². The third-order valence-corrected chi connectivity index (χ3v) is 6.89. The van der Waals surface area contributed by atoms with Gasteiger partial charge in [-0.15, -0.1) is 0 Å². The lowest BCUT2D eigenvalue weighted by Crippen LogP contribution is -2.62. The lowest BCUT2D eigenvalue weighted by Gasteiger charge is -2.41. The number of hydrogen-bond donors (Lipinski definition) is 2. The molecule has 4 nitrogen and oxygen atoms in total. The molecular formula is C18H34N2O2S. The molecule has 1 saturated heterocycles. The monoisotopic (exact) mass is 342 g/mol. The van der Waals surface area contributed by atoms with Crippen molar-refractivity contribution in [1.29, 1.82) is 0 Å². The second-order valence-corrected chi connectivity index (χ2v) is 9.57. The number of piperazine rings is 1. The van der Waals surface area contributed by atoms with E-state index in [-0.39, 0.29) is 28.7 Å². The second-order valence-electron chi connectivity index (χ2n) is 8.23. The van der Waals surface area contributed by atoms with E-state index in [1.807, 2.05) is 18.7 Å². The van der Waals surface area contributed by atoms with Gasteiger partial charge in [-0.25, -0.2) is 0 Å². The average Bonchev–Trinajstić information content (AvgIpc) is 2.44. The molecule has 3 unspecified atom stereocenters. The molecule has 0 aromatic heterocycles. The number of carbonyl (C=O) groups excluding carboxylic acids is 2. The van der Waals surface area contributed by atoms with Crippen molar-refractivity contribution >= 4 is 23.6 Å². The lowest BCUT2D eigenvalue weighted by atomic mass is 9.67. The first kappa shape index (κ1) is 20.3. The summed E-state index contributed by atoms with van der Waals surface area (Å²) in [6.07, 6.45) is 2.82. The highest BCUT2D eigenvalue weighted by Gasteiger charge is 2.36. The van der Waals surface area contributed by atoms with Gasteiger partial charge in [-0.1, -0.05) is 48.5 Å². The van der Waals surface area contributed by atoms with Crippen molar-refractivity contribution in [3.05, 3.63) is 0 Å². The van der Waals surface area contributed by atoms with Crippen LogP contribution in [0.3, 0.4) is 0 Å². The molecule has 5 heteroatoms. The first-order valence-corrected chi connectivity index (χ1v) is 9.79. The van der Waals surface area contributed by atoms with Crippen LogP contribution in [0.5, 0.6) is 0 Å². The van der Waals surface area contributed by atoms with Crippen molar-refractivity contribution in [3.8, 4) is 0 Å². The van der Waals surface area contributed by atoms with Gasteiger partial charge in [-0.2, -0.15) is 11.8 Å². The lowest BCUT2D eigenvalue weighted by molar-refractivity contribution is -0.136. The minimum Gasteiger partial charge on any atom is -0.343 e.